The molecule has 0 bridgehead atoms. The van der Waals surface area contributed by atoms with E-state index in [2.05, 4.69) is 41.7 Å². The third-order valence-corrected chi connectivity index (χ3v) is 4.93. The summed E-state index contributed by atoms with van der Waals surface area (Å²) in [6, 6.07) is 28.7. The molecule has 1 N–H and O–H groups in total. The number of hydrogen-bond acceptors (Lipinski definition) is 2. The fraction of sp³-hybridized carbons (Fsp3) is 0.160. The van der Waals surface area contributed by atoms with Gasteiger partial charge in [-0.3, -0.25) is 4.79 Å². The van der Waals surface area contributed by atoms with Gasteiger partial charge in [0.25, 0.3) is 0 Å². The van der Waals surface area contributed by atoms with Gasteiger partial charge in [-0.25, -0.2) is 0 Å². The second-order valence-corrected chi connectivity index (χ2v) is 6.81. The highest BCUT2D eigenvalue weighted by molar-refractivity contribution is 5.88. The van der Waals surface area contributed by atoms with Crippen molar-refractivity contribution in [2.75, 3.05) is 13.2 Å². The lowest BCUT2D eigenvalue weighted by Gasteiger charge is -2.10. The lowest BCUT2D eigenvalue weighted by molar-refractivity contribution is -0.121. The summed E-state index contributed by atoms with van der Waals surface area (Å²) in [5.41, 5.74) is 1.21. The third kappa shape index (κ3) is 4.15. The van der Waals surface area contributed by atoms with Crippen molar-refractivity contribution >= 4 is 27.5 Å². The lowest BCUT2D eigenvalue weighted by Crippen LogP contribution is -2.28. The van der Waals surface area contributed by atoms with E-state index in [0.717, 1.165) is 22.9 Å². The van der Waals surface area contributed by atoms with Crippen molar-refractivity contribution in [3.05, 3.63) is 90.5 Å². The van der Waals surface area contributed by atoms with Gasteiger partial charge in [-0.15, -0.1) is 0 Å². The molecule has 4 aromatic carbocycles. The number of amides is 1. The van der Waals surface area contributed by atoms with Crippen LogP contribution in [0.25, 0.3) is 21.5 Å². The Bertz CT molecular complexity index is 1090. The first-order chi connectivity index (χ1) is 13.8. The zero-order valence-electron chi connectivity index (χ0n) is 15.7. The van der Waals surface area contributed by atoms with Crippen LogP contribution >= 0.6 is 0 Å². The summed E-state index contributed by atoms with van der Waals surface area (Å²) in [6.45, 7) is 0.950. The van der Waals surface area contributed by atoms with Gasteiger partial charge in [0.1, 0.15) is 12.4 Å². The standard InChI is InChI=1S/C25H23NO2/c27-25(16-15-21-10-5-9-19-7-1-3-12-22(19)21)26-17-18-28-24-14-6-11-20-8-2-4-13-23(20)24/h1-14H,15-18H2,(H,26,27). The molecule has 4 aromatic rings. The number of carbonyl (C=O) groups is 1. The monoisotopic (exact) mass is 369 g/mol. The zero-order chi connectivity index (χ0) is 19.2. The summed E-state index contributed by atoms with van der Waals surface area (Å²) in [7, 11) is 0. The molecule has 3 nitrogen and oxygen atoms in total. The van der Waals surface area contributed by atoms with Crippen molar-refractivity contribution in [3.8, 4) is 5.75 Å². The molecule has 0 aromatic heterocycles. The fourth-order valence-corrected chi connectivity index (χ4v) is 3.52. The van der Waals surface area contributed by atoms with Crippen LogP contribution in [0.1, 0.15) is 12.0 Å². The average molecular weight is 369 g/mol. The Hall–Kier alpha value is -3.33. The molecule has 3 heteroatoms. The molecule has 0 saturated carbocycles. The smallest absolute Gasteiger partial charge is 0.220 e. The molecule has 0 atom stereocenters. The highest BCUT2D eigenvalue weighted by Gasteiger charge is 2.06. The van der Waals surface area contributed by atoms with E-state index < -0.39 is 0 Å². The van der Waals surface area contributed by atoms with Gasteiger partial charge in [0, 0.05) is 11.8 Å². The number of hydrogen-bond donors (Lipinski definition) is 1. The topological polar surface area (TPSA) is 38.3 Å². The molecule has 28 heavy (non-hydrogen) atoms. The number of carbonyl (C=O) groups excluding carboxylic acids is 1. The molecule has 0 unspecified atom stereocenters. The average Bonchev–Trinajstić information content (AvgIpc) is 2.75. The highest BCUT2D eigenvalue weighted by Crippen LogP contribution is 2.25. The van der Waals surface area contributed by atoms with Crippen molar-refractivity contribution in [3.63, 3.8) is 0 Å². The number of rotatable bonds is 7. The molecule has 0 aliphatic carbocycles. The fourth-order valence-electron chi connectivity index (χ4n) is 3.52. The minimum absolute atomic E-state index is 0.0504. The van der Waals surface area contributed by atoms with E-state index in [0.29, 0.717) is 19.6 Å². The Kier molecular flexibility index (Phi) is 5.53. The van der Waals surface area contributed by atoms with Crippen LogP contribution in [-0.2, 0) is 11.2 Å². The molecule has 0 saturated heterocycles. The minimum atomic E-state index is 0.0504. The van der Waals surface area contributed by atoms with Gasteiger partial charge in [-0.2, -0.15) is 0 Å². The summed E-state index contributed by atoms with van der Waals surface area (Å²) < 4.78 is 5.88. The molecule has 0 spiro atoms. The minimum Gasteiger partial charge on any atom is -0.491 e. The quantitative estimate of drug-likeness (QED) is 0.459. The SMILES string of the molecule is O=C(CCc1cccc2ccccc12)NCCOc1cccc2ccccc12. The normalized spacial score (nSPS) is 10.9. The van der Waals surface area contributed by atoms with Crippen LogP contribution in [-0.4, -0.2) is 19.1 Å². The molecular formula is C25H23NO2. The number of fused-ring (bicyclic) bond motifs is 2. The van der Waals surface area contributed by atoms with E-state index in [9.17, 15) is 4.79 Å². The van der Waals surface area contributed by atoms with Crippen LogP contribution in [0.3, 0.4) is 0 Å². The molecule has 140 valence electrons. The summed E-state index contributed by atoms with van der Waals surface area (Å²) in [6.07, 6.45) is 1.21. The van der Waals surface area contributed by atoms with E-state index in [1.807, 2.05) is 48.5 Å². The van der Waals surface area contributed by atoms with E-state index in [1.54, 1.807) is 0 Å². The second-order valence-electron chi connectivity index (χ2n) is 6.81. The molecule has 0 fully saturated rings. The van der Waals surface area contributed by atoms with Crippen molar-refractivity contribution in [1.82, 2.24) is 5.32 Å². The number of benzene rings is 4. The Labute approximate surface area is 165 Å². The molecule has 0 heterocycles. The predicted molar refractivity (Wildman–Crippen MR) is 115 cm³/mol. The predicted octanol–water partition coefficient (Wildman–Crippen LogP) is 5.12. The van der Waals surface area contributed by atoms with Crippen LogP contribution in [0.2, 0.25) is 0 Å². The zero-order valence-corrected chi connectivity index (χ0v) is 15.7. The van der Waals surface area contributed by atoms with Crippen LogP contribution < -0.4 is 10.1 Å². The maximum Gasteiger partial charge on any atom is 0.220 e. The van der Waals surface area contributed by atoms with Gasteiger partial charge in [0.15, 0.2) is 0 Å². The van der Waals surface area contributed by atoms with E-state index >= 15 is 0 Å². The lowest BCUT2D eigenvalue weighted by atomic mass is 10.0. The Morgan fingerprint density at radius 2 is 1.39 bits per heavy atom. The first-order valence-corrected chi connectivity index (χ1v) is 9.65. The molecule has 0 radical (unpaired) electrons. The van der Waals surface area contributed by atoms with Crippen LogP contribution in [0.5, 0.6) is 5.75 Å². The first kappa shape index (κ1) is 18.1. The highest BCUT2D eigenvalue weighted by atomic mass is 16.5. The van der Waals surface area contributed by atoms with Crippen molar-refractivity contribution in [2.45, 2.75) is 12.8 Å². The Morgan fingerprint density at radius 1 is 0.750 bits per heavy atom. The Morgan fingerprint density at radius 3 is 2.21 bits per heavy atom. The Balaban J connectivity index is 1.27. The van der Waals surface area contributed by atoms with Gasteiger partial charge in [0.2, 0.25) is 5.91 Å². The summed E-state index contributed by atoms with van der Waals surface area (Å²) >= 11 is 0. The van der Waals surface area contributed by atoms with Crippen LogP contribution in [0.4, 0.5) is 0 Å². The third-order valence-electron chi connectivity index (χ3n) is 4.93. The molecule has 0 aliphatic heterocycles. The number of aryl methyl sites for hydroxylation is 1. The molecular weight excluding hydrogens is 346 g/mol. The van der Waals surface area contributed by atoms with Gasteiger partial charge in [-0.1, -0.05) is 78.9 Å². The molecule has 1 amide bonds. The summed E-state index contributed by atoms with van der Waals surface area (Å²) in [5, 5.41) is 7.63. The molecule has 0 aliphatic rings. The first-order valence-electron chi connectivity index (χ1n) is 9.65. The van der Waals surface area contributed by atoms with Gasteiger partial charge < -0.3 is 10.1 Å². The second kappa shape index (κ2) is 8.57. The van der Waals surface area contributed by atoms with Crippen molar-refractivity contribution in [1.29, 1.82) is 0 Å². The maximum atomic E-state index is 12.2. The van der Waals surface area contributed by atoms with Gasteiger partial charge in [-0.05, 0) is 34.2 Å². The van der Waals surface area contributed by atoms with E-state index in [1.165, 1.54) is 16.3 Å². The van der Waals surface area contributed by atoms with Crippen molar-refractivity contribution in [2.24, 2.45) is 0 Å². The number of ether oxygens (including phenoxy) is 1. The van der Waals surface area contributed by atoms with Gasteiger partial charge >= 0.3 is 0 Å². The van der Waals surface area contributed by atoms with Gasteiger partial charge in [0.05, 0.1) is 6.54 Å². The number of nitrogens with one attached hydrogen (secondary N) is 1. The largest absolute Gasteiger partial charge is 0.491 e. The van der Waals surface area contributed by atoms with E-state index in [4.69, 9.17) is 4.74 Å². The summed E-state index contributed by atoms with van der Waals surface area (Å²) in [5.74, 6) is 0.901. The molecule has 4 rings (SSSR count). The maximum absolute atomic E-state index is 12.2. The van der Waals surface area contributed by atoms with E-state index in [-0.39, 0.29) is 5.91 Å². The van der Waals surface area contributed by atoms with Crippen LogP contribution in [0.15, 0.2) is 84.9 Å². The van der Waals surface area contributed by atoms with Crippen LogP contribution in [0, 0.1) is 0 Å². The summed E-state index contributed by atoms with van der Waals surface area (Å²) in [4.78, 5) is 12.2. The van der Waals surface area contributed by atoms with Crippen molar-refractivity contribution < 1.29 is 9.53 Å².